The van der Waals surface area contributed by atoms with Crippen LogP contribution in [0.3, 0.4) is 0 Å². The lowest BCUT2D eigenvalue weighted by molar-refractivity contribution is -0.173. The summed E-state index contributed by atoms with van der Waals surface area (Å²) in [5, 5.41) is 3.00. The summed E-state index contributed by atoms with van der Waals surface area (Å²) in [6.45, 7) is -0.0127. The van der Waals surface area contributed by atoms with Gasteiger partial charge in [-0.05, 0) is 24.6 Å². The molecule has 1 aromatic rings. The van der Waals surface area contributed by atoms with Crippen LogP contribution in [0.4, 0.5) is 13.2 Å². The molecular weight excluding hydrogens is 233 g/mol. The quantitative estimate of drug-likeness (QED) is 0.747. The minimum absolute atomic E-state index is 0.0621. The van der Waals surface area contributed by atoms with Crippen molar-refractivity contribution in [3.05, 3.63) is 30.1 Å². The lowest BCUT2D eigenvalue weighted by Crippen LogP contribution is -2.25. The summed E-state index contributed by atoms with van der Waals surface area (Å²) in [5.41, 5.74) is 1.09. The number of halogens is 3. The fourth-order valence-corrected chi connectivity index (χ4v) is 1.24. The highest BCUT2D eigenvalue weighted by Crippen LogP contribution is 2.13. The average Bonchev–Trinajstić information content (AvgIpc) is 2.28. The highest BCUT2D eigenvalue weighted by Gasteiger charge is 2.27. The van der Waals surface area contributed by atoms with Gasteiger partial charge < -0.3 is 10.1 Å². The third-order valence-corrected chi connectivity index (χ3v) is 2.00. The molecule has 96 valence electrons. The molecule has 3 nitrogen and oxygen atoms in total. The van der Waals surface area contributed by atoms with Gasteiger partial charge in [0.25, 0.3) is 0 Å². The fraction of sp³-hybridized carbons (Fsp3) is 0.545. The minimum Gasteiger partial charge on any atom is -0.371 e. The maximum atomic E-state index is 11.7. The number of nitrogens with one attached hydrogen (secondary N) is 1. The SMILES string of the molecule is FC(F)(F)COCCNCCc1cccnc1. The Morgan fingerprint density at radius 3 is 2.76 bits per heavy atom. The van der Waals surface area contributed by atoms with Gasteiger partial charge >= 0.3 is 6.18 Å². The van der Waals surface area contributed by atoms with Crippen molar-refractivity contribution in [1.29, 1.82) is 0 Å². The highest BCUT2D eigenvalue weighted by molar-refractivity contribution is 5.08. The van der Waals surface area contributed by atoms with Crippen molar-refractivity contribution in [3.8, 4) is 0 Å². The Bertz CT molecular complexity index is 303. The lowest BCUT2D eigenvalue weighted by Gasteiger charge is -2.08. The zero-order chi connectivity index (χ0) is 12.6. The first-order chi connectivity index (χ1) is 8.08. The number of aromatic nitrogens is 1. The molecule has 1 heterocycles. The minimum atomic E-state index is -4.24. The van der Waals surface area contributed by atoms with Crippen LogP contribution in [0.25, 0.3) is 0 Å². The van der Waals surface area contributed by atoms with Crippen LogP contribution >= 0.6 is 0 Å². The van der Waals surface area contributed by atoms with Crippen LogP contribution in [0.1, 0.15) is 5.56 Å². The molecule has 0 radical (unpaired) electrons. The van der Waals surface area contributed by atoms with Crippen molar-refractivity contribution in [2.24, 2.45) is 0 Å². The van der Waals surface area contributed by atoms with E-state index in [1.54, 1.807) is 12.4 Å². The topological polar surface area (TPSA) is 34.1 Å². The summed E-state index contributed by atoms with van der Waals surface area (Å²) in [5.74, 6) is 0. The van der Waals surface area contributed by atoms with Crippen molar-refractivity contribution in [1.82, 2.24) is 10.3 Å². The molecule has 0 saturated carbocycles. The average molecular weight is 248 g/mol. The van der Waals surface area contributed by atoms with Gasteiger partial charge in [-0.2, -0.15) is 13.2 Å². The van der Waals surface area contributed by atoms with Crippen LogP contribution < -0.4 is 5.32 Å². The monoisotopic (exact) mass is 248 g/mol. The summed E-state index contributed by atoms with van der Waals surface area (Å²) in [6.07, 6.45) is 0.0204. The van der Waals surface area contributed by atoms with E-state index in [1.165, 1.54) is 0 Å². The maximum absolute atomic E-state index is 11.7. The van der Waals surface area contributed by atoms with Gasteiger partial charge in [-0.3, -0.25) is 4.98 Å². The number of hydrogen-bond donors (Lipinski definition) is 1. The van der Waals surface area contributed by atoms with Gasteiger partial charge in [-0.1, -0.05) is 6.07 Å². The lowest BCUT2D eigenvalue weighted by atomic mass is 10.2. The Morgan fingerprint density at radius 2 is 2.12 bits per heavy atom. The van der Waals surface area contributed by atoms with Gasteiger partial charge in [0.2, 0.25) is 0 Å². The first-order valence-corrected chi connectivity index (χ1v) is 5.32. The van der Waals surface area contributed by atoms with Crippen LogP contribution in [0, 0.1) is 0 Å². The molecular formula is C11H15F3N2O. The number of ether oxygens (including phenoxy) is 1. The van der Waals surface area contributed by atoms with E-state index in [1.807, 2.05) is 12.1 Å². The molecule has 1 N–H and O–H groups in total. The van der Waals surface area contributed by atoms with E-state index in [-0.39, 0.29) is 6.61 Å². The summed E-state index contributed by atoms with van der Waals surface area (Å²) in [7, 11) is 0. The zero-order valence-corrected chi connectivity index (χ0v) is 9.33. The first kappa shape index (κ1) is 13.9. The molecule has 6 heteroatoms. The van der Waals surface area contributed by atoms with Gasteiger partial charge in [0.15, 0.2) is 0 Å². The van der Waals surface area contributed by atoms with Crippen LogP contribution in [-0.4, -0.2) is 37.5 Å². The number of alkyl halides is 3. The van der Waals surface area contributed by atoms with E-state index in [0.29, 0.717) is 13.1 Å². The van der Waals surface area contributed by atoms with Crippen LogP contribution in [0.15, 0.2) is 24.5 Å². The first-order valence-electron chi connectivity index (χ1n) is 5.32. The fourth-order valence-electron chi connectivity index (χ4n) is 1.24. The van der Waals surface area contributed by atoms with Crippen molar-refractivity contribution in [2.45, 2.75) is 12.6 Å². The van der Waals surface area contributed by atoms with Crippen molar-refractivity contribution < 1.29 is 17.9 Å². The van der Waals surface area contributed by atoms with Crippen LogP contribution in [0.5, 0.6) is 0 Å². The summed E-state index contributed by atoms with van der Waals surface area (Å²) in [4.78, 5) is 3.96. The molecule has 0 fully saturated rings. The summed E-state index contributed by atoms with van der Waals surface area (Å²) >= 11 is 0. The van der Waals surface area contributed by atoms with Crippen molar-refractivity contribution in [2.75, 3.05) is 26.3 Å². The molecule has 0 amide bonds. The molecule has 1 aromatic heterocycles. The van der Waals surface area contributed by atoms with Gasteiger partial charge in [-0.15, -0.1) is 0 Å². The van der Waals surface area contributed by atoms with Gasteiger partial charge in [0, 0.05) is 18.9 Å². The van der Waals surface area contributed by atoms with E-state index >= 15 is 0 Å². The molecule has 0 atom stereocenters. The number of nitrogens with zero attached hydrogens (tertiary/aromatic N) is 1. The number of pyridine rings is 1. The predicted molar refractivity (Wildman–Crippen MR) is 57.7 cm³/mol. The third kappa shape index (κ3) is 7.70. The van der Waals surface area contributed by atoms with Crippen LogP contribution in [0.2, 0.25) is 0 Å². The smallest absolute Gasteiger partial charge is 0.371 e. The summed E-state index contributed by atoms with van der Waals surface area (Å²) < 4.78 is 39.6. The number of hydrogen-bond acceptors (Lipinski definition) is 3. The molecule has 17 heavy (non-hydrogen) atoms. The second-order valence-corrected chi connectivity index (χ2v) is 3.53. The molecule has 1 rings (SSSR count). The normalized spacial score (nSPS) is 11.7. The summed E-state index contributed by atoms with van der Waals surface area (Å²) in [6, 6.07) is 3.80. The molecule has 0 saturated heterocycles. The third-order valence-electron chi connectivity index (χ3n) is 2.00. The zero-order valence-electron chi connectivity index (χ0n) is 9.33. The molecule has 0 unspecified atom stereocenters. The van der Waals surface area contributed by atoms with E-state index < -0.39 is 12.8 Å². The van der Waals surface area contributed by atoms with Gasteiger partial charge in [0.1, 0.15) is 6.61 Å². The molecule has 0 aliphatic carbocycles. The Hall–Kier alpha value is -1.14. The Kier molecular flexibility index (Phi) is 5.93. The largest absolute Gasteiger partial charge is 0.411 e. The molecule has 0 aromatic carbocycles. The van der Waals surface area contributed by atoms with E-state index in [4.69, 9.17) is 0 Å². The molecule has 0 bridgehead atoms. The van der Waals surface area contributed by atoms with E-state index in [0.717, 1.165) is 12.0 Å². The second kappa shape index (κ2) is 7.24. The van der Waals surface area contributed by atoms with Crippen LogP contribution in [-0.2, 0) is 11.2 Å². The maximum Gasteiger partial charge on any atom is 0.411 e. The predicted octanol–water partition coefficient (Wildman–Crippen LogP) is 1.79. The molecule has 0 aliphatic heterocycles. The van der Waals surface area contributed by atoms with E-state index in [2.05, 4.69) is 15.0 Å². The van der Waals surface area contributed by atoms with Gasteiger partial charge in [0.05, 0.1) is 6.61 Å². The molecule has 0 spiro atoms. The Labute approximate surface area is 98.0 Å². The second-order valence-electron chi connectivity index (χ2n) is 3.53. The standard InChI is InChI=1S/C11H15F3N2O/c12-11(13,14)9-17-7-6-15-5-3-10-2-1-4-16-8-10/h1-2,4,8,15H,3,5-7,9H2. The van der Waals surface area contributed by atoms with E-state index in [9.17, 15) is 13.2 Å². The molecule has 0 aliphatic rings. The highest BCUT2D eigenvalue weighted by atomic mass is 19.4. The Balaban J connectivity index is 1.95. The Morgan fingerprint density at radius 1 is 1.29 bits per heavy atom. The van der Waals surface area contributed by atoms with Crippen molar-refractivity contribution in [3.63, 3.8) is 0 Å². The van der Waals surface area contributed by atoms with Gasteiger partial charge in [-0.25, -0.2) is 0 Å². The van der Waals surface area contributed by atoms with Crippen molar-refractivity contribution >= 4 is 0 Å². The number of rotatable bonds is 7.